The van der Waals surface area contributed by atoms with Gasteiger partial charge in [0.1, 0.15) is 0 Å². The van der Waals surface area contributed by atoms with Crippen molar-refractivity contribution in [3.05, 3.63) is 16.5 Å². The zero-order valence-electron chi connectivity index (χ0n) is 10.4. The van der Waals surface area contributed by atoms with Gasteiger partial charge in [-0.3, -0.25) is 4.79 Å². The Morgan fingerprint density at radius 3 is 2.94 bits per heavy atom. The number of nitrogens with one attached hydrogen (secondary N) is 1. The van der Waals surface area contributed by atoms with Crippen LogP contribution in [0.5, 0.6) is 0 Å². The number of amides is 1. The lowest BCUT2D eigenvalue weighted by molar-refractivity contribution is -0.121. The molecule has 2 rings (SSSR count). The number of aryl methyl sites for hydroxylation is 1. The van der Waals surface area contributed by atoms with Gasteiger partial charge in [-0.25, -0.2) is 0 Å². The molecule has 0 aliphatic heterocycles. The fraction of sp³-hybridized carbons (Fsp3) is 0.667. The normalized spacial score (nSPS) is 16.6. The topological polar surface area (TPSA) is 81.2 Å². The Morgan fingerprint density at radius 1 is 1.67 bits per heavy atom. The van der Waals surface area contributed by atoms with E-state index in [1.807, 2.05) is 6.92 Å². The first-order chi connectivity index (χ1) is 8.58. The second kappa shape index (κ2) is 5.71. The third-order valence-corrected chi connectivity index (χ3v) is 3.60. The van der Waals surface area contributed by atoms with E-state index in [0.717, 1.165) is 11.3 Å². The van der Waals surface area contributed by atoms with E-state index in [2.05, 4.69) is 10.5 Å². The van der Waals surface area contributed by atoms with Crippen LogP contribution in [0.15, 0.2) is 4.52 Å². The molecule has 1 fully saturated rings. The molecule has 1 amide bonds. The largest absolute Gasteiger partial charge is 0.355 e. The zero-order chi connectivity index (χ0) is 13.1. The summed E-state index contributed by atoms with van der Waals surface area (Å²) in [5, 5.41) is 6.86. The molecule has 1 unspecified atom stereocenters. The highest BCUT2D eigenvalue weighted by atomic mass is 35.5. The van der Waals surface area contributed by atoms with E-state index in [0.29, 0.717) is 25.3 Å². The van der Waals surface area contributed by atoms with E-state index in [1.54, 1.807) is 0 Å². The molecule has 5 nitrogen and oxygen atoms in total. The van der Waals surface area contributed by atoms with Crippen molar-refractivity contribution in [3.63, 3.8) is 0 Å². The van der Waals surface area contributed by atoms with Crippen molar-refractivity contribution in [1.29, 1.82) is 0 Å². The summed E-state index contributed by atoms with van der Waals surface area (Å²) in [4.78, 5) is 11.6. The lowest BCUT2D eigenvalue weighted by atomic mass is 10.1. The van der Waals surface area contributed by atoms with Gasteiger partial charge in [0.2, 0.25) is 11.1 Å². The van der Waals surface area contributed by atoms with Gasteiger partial charge < -0.3 is 15.6 Å². The molecular weight excluding hydrogens is 254 g/mol. The molecule has 100 valence electrons. The lowest BCUT2D eigenvalue weighted by Gasteiger charge is -2.11. The van der Waals surface area contributed by atoms with Crippen LogP contribution >= 0.6 is 11.6 Å². The van der Waals surface area contributed by atoms with Gasteiger partial charge in [0, 0.05) is 24.6 Å². The molecule has 1 aliphatic carbocycles. The van der Waals surface area contributed by atoms with Gasteiger partial charge in [0.05, 0.1) is 5.69 Å². The molecule has 18 heavy (non-hydrogen) atoms. The molecule has 1 atom stereocenters. The molecular formula is C12H18ClN3O2. The average molecular weight is 272 g/mol. The zero-order valence-corrected chi connectivity index (χ0v) is 11.2. The number of nitrogens with two attached hydrogens (primary N) is 1. The molecule has 0 aromatic carbocycles. The Bertz CT molecular complexity index is 409. The number of rotatable bonds is 6. The minimum Gasteiger partial charge on any atom is -0.355 e. The summed E-state index contributed by atoms with van der Waals surface area (Å²) in [6.45, 7) is 2.37. The Kier molecular flexibility index (Phi) is 4.24. The predicted molar refractivity (Wildman–Crippen MR) is 68.3 cm³/mol. The molecule has 0 saturated heterocycles. The summed E-state index contributed by atoms with van der Waals surface area (Å²) >= 11 is 5.82. The Balaban J connectivity index is 1.71. The van der Waals surface area contributed by atoms with Crippen LogP contribution in [0.25, 0.3) is 0 Å². The highest BCUT2D eigenvalue weighted by molar-refractivity contribution is 6.29. The Morgan fingerprint density at radius 2 is 2.39 bits per heavy atom. The van der Waals surface area contributed by atoms with Crippen LogP contribution in [0.4, 0.5) is 0 Å². The molecule has 1 aromatic rings. The van der Waals surface area contributed by atoms with Crippen LogP contribution in [-0.4, -0.2) is 23.7 Å². The van der Waals surface area contributed by atoms with E-state index < -0.39 is 0 Å². The van der Waals surface area contributed by atoms with Gasteiger partial charge in [0.25, 0.3) is 0 Å². The summed E-state index contributed by atoms with van der Waals surface area (Å²) in [5.74, 6) is 0.586. The standard InChI is InChI=1S/C12H18ClN3O2/c1-7-9(12(13)18-16-7)4-5-11(17)15-6-10(14)8-2-3-8/h8,10H,2-6,14H2,1H3,(H,15,17). The third-order valence-electron chi connectivity index (χ3n) is 3.30. The van der Waals surface area contributed by atoms with E-state index in [1.165, 1.54) is 12.8 Å². The summed E-state index contributed by atoms with van der Waals surface area (Å²) in [5.41, 5.74) is 7.45. The van der Waals surface area contributed by atoms with Crippen LogP contribution in [-0.2, 0) is 11.2 Å². The van der Waals surface area contributed by atoms with Crippen LogP contribution in [0.1, 0.15) is 30.5 Å². The van der Waals surface area contributed by atoms with Gasteiger partial charge in [-0.1, -0.05) is 5.16 Å². The van der Waals surface area contributed by atoms with Gasteiger partial charge in [0.15, 0.2) is 0 Å². The van der Waals surface area contributed by atoms with Crippen LogP contribution in [0, 0.1) is 12.8 Å². The molecule has 6 heteroatoms. The number of carbonyl (C=O) groups excluding carboxylic acids is 1. The molecule has 1 saturated carbocycles. The SMILES string of the molecule is Cc1noc(Cl)c1CCC(=O)NCC(N)C1CC1. The average Bonchev–Trinajstić information content (AvgIpc) is 3.13. The summed E-state index contributed by atoms with van der Waals surface area (Å²) < 4.78 is 4.83. The van der Waals surface area contributed by atoms with Crippen molar-refractivity contribution in [2.45, 2.75) is 38.6 Å². The van der Waals surface area contributed by atoms with Crippen molar-refractivity contribution < 1.29 is 9.32 Å². The Labute approximate surface area is 111 Å². The number of aromatic nitrogens is 1. The second-order valence-electron chi connectivity index (χ2n) is 4.83. The number of carbonyl (C=O) groups is 1. The van der Waals surface area contributed by atoms with Gasteiger partial charge in [-0.2, -0.15) is 0 Å². The first-order valence-electron chi connectivity index (χ1n) is 6.21. The summed E-state index contributed by atoms with van der Waals surface area (Å²) in [7, 11) is 0. The van der Waals surface area contributed by atoms with Crippen molar-refractivity contribution >= 4 is 17.5 Å². The first kappa shape index (κ1) is 13.4. The minimum atomic E-state index is -0.0113. The van der Waals surface area contributed by atoms with E-state index in [4.69, 9.17) is 21.9 Å². The summed E-state index contributed by atoms with van der Waals surface area (Å²) in [6.07, 6.45) is 3.29. The lowest BCUT2D eigenvalue weighted by Crippen LogP contribution is -2.38. The first-order valence-corrected chi connectivity index (χ1v) is 6.58. The third kappa shape index (κ3) is 3.46. The maximum atomic E-state index is 11.6. The van der Waals surface area contributed by atoms with Crippen molar-refractivity contribution in [2.24, 2.45) is 11.7 Å². The summed E-state index contributed by atoms with van der Waals surface area (Å²) in [6, 6.07) is 0.0925. The molecule has 1 aromatic heterocycles. The molecule has 3 N–H and O–H groups in total. The monoisotopic (exact) mass is 271 g/mol. The number of hydrogen-bond donors (Lipinski definition) is 2. The van der Waals surface area contributed by atoms with Crippen molar-refractivity contribution in [1.82, 2.24) is 10.5 Å². The fourth-order valence-corrected chi connectivity index (χ4v) is 2.16. The molecule has 1 aliphatic rings. The molecule has 0 bridgehead atoms. The molecule has 0 spiro atoms. The van der Waals surface area contributed by atoms with Crippen LogP contribution < -0.4 is 11.1 Å². The smallest absolute Gasteiger partial charge is 0.229 e. The van der Waals surface area contributed by atoms with E-state index in [-0.39, 0.29) is 17.2 Å². The van der Waals surface area contributed by atoms with E-state index >= 15 is 0 Å². The minimum absolute atomic E-state index is 0.0113. The van der Waals surface area contributed by atoms with Crippen LogP contribution in [0.3, 0.4) is 0 Å². The number of nitrogens with zero attached hydrogens (tertiary/aromatic N) is 1. The fourth-order valence-electron chi connectivity index (χ4n) is 1.89. The quantitative estimate of drug-likeness (QED) is 0.820. The maximum Gasteiger partial charge on any atom is 0.229 e. The molecule has 0 radical (unpaired) electrons. The maximum absolute atomic E-state index is 11.6. The van der Waals surface area contributed by atoms with Crippen molar-refractivity contribution in [3.8, 4) is 0 Å². The predicted octanol–water partition coefficient (Wildman–Crippen LogP) is 1.42. The van der Waals surface area contributed by atoms with E-state index in [9.17, 15) is 4.79 Å². The van der Waals surface area contributed by atoms with Gasteiger partial charge in [-0.15, -0.1) is 0 Å². The Hall–Kier alpha value is -1.07. The van der Waals surface area contributed by atoms with Gasteiger partial charge >= 0.3 is 0 Å². The second-order valence-corrected chi connectivity index (χ2v) is 5.17. The highest BCUT2D eigenvalue weighted by Gasteiger charge is 2.28. The van der Waals surface area contributed by atoms with Crippen molar-refractivity contribution in [2.75, 3.05) is 6.54 Å². The number of hydrogen-bond acceptors (Lipinski definition) is 4. The van der Waals surface area contributed by atoms with Gasteiger partial charge in [-0.05, 0) is 43.7 Å². The number of halogens is 1. The molecule has 1 heterocycles. The highest BCUT2D eigenvalue weighted by Crippen LogP contribution is 2.31. The van der Waals surface area contributed by atoms with Crippen LogP contribution in [0.2, 0.25) is 5.22 Å².